The number of pyridine rings is 1. The highest BCUT2D eigenvalue weighted by Crippen LogP contribution is 2.28. The van der Waals surface area contributed by atoms with Gasteiger partial charge in [-0.3, -0.25) is 9.59 Å². The number of anilines is 2. The van der Waals surface area contributed by atoms with Gasteiger partial charge in [0.25, 0.3) is 11.8 Å². The van der Waals surface area contributed by atoms with Crippen molar-refractivity contribution in [1.29, 1.82) is 0 Å². The SMILES string of the molecule is CCc1ccccc1NC(=O)c1cccc(C(=O)N2CCCc3ccccc32)n1. The zero-order valence-electron chi connectivity index (χ0n) is 16.4. The number of rotatable bonds is 4. The fraction of sp³-hybridized carbons (Fsp3) is 0.208. The Balaban J connectivity index is 1.58. The number of hydrogen-bond acceptors (Lipinski definition) is 3. The van der Waals surface area contributed by atoms with Gasteiger partial charge < -0.3 is 10.2 Å². The number of fused-ring (bicyclic) bond motifs is 1. The zero-order chi connectivity index (χ0) is 20.2. The molecule has 0 radical (unpaired) electrons. The van der Waals surface area contributed by atoms with E-state index >= 15 is 0 Å². The molecule has 0 saturated carbocycles. The normalized spacial score (nSPS) is 12.9. The first-order valence-electron chi connectivity index (χ1n) is 9.93. The summed E-state index contributed by atoms with van der Waals surface area (Å²) in [7, 11) is 0. The molecule has 0 bridgehead atoms. The molecule has 5 heteroatoms. The lowest BCUT2D eigenvalue weighted by Gasteiger charge is -2.29. The van der Waals surface area contributed by atoms with Gasteiger partial charge in [-0.15, -0.1) is 0 Å². The molecule has 0 unspecified atom stereocenters. The maximum atomic E-state index is 13.1. The van der Waals surface area contributed by atoms with Gasteiger partial charge in [0.05, 0.1) is 0 Å². The van der Waals surface area contributed by atoms with Gasteiger partial charge in [0.15, 0.2) is 0 Å². The number of para-hydroxylation sites is 2. The fourth-order valence-corrected chi connectivity index (χ4v) is 3.70. The summed E-state index contributed by atoms with van der Waals surface area (Å²) in [5, 5.41) is 2.91. The van der Waals surface area contributed by atoms with Crippen LogP contribution in [0.2, 0.25) is 0 Å². The molecule has 0 spiro atoms. The molecule has 1 aromatic heterocycles. The highest BCUT2D eigenvalue weighted by atomic mass is 16.2. The van der Waals surface area contributed by atoms with Crippen molar-refractivity contribution < 1.29 is 9.59 Å². The first-order valence-corrected chi connectivity index (χ1v) is 9.93. The zero-order valence-corrected chi connectivity index (χ0v) is 16.4. The number of nitrogens with one attached hydrogen (secondary N) is 1. The Hall–Kier alpha value is -3.47. The van der Waals surface area contributed by atoms with E-state index in [0.29, 0.717) is 6.54 Å². The van der Waals surface area contributed by atoms with Crippen molar-refractivity contribution in [2.75, 3.05) is 16.8 Å². The Morgan fingerprint density at radius 2 is 1.72 bits per heavy atom. The third-order valence-corrected chi connectivity index (χ3v) is 5.20. The fourth-order valence-electron chi connectivity index (χ4n) is 3.70. The van der Waals surface area contributed by atoms with Crippen LogP contribution in [0.4, 0.5) is 11.4 Å². The standard InChI is InChI=1S/C24H23N3O2/c1-2-17-9-3-5-12-19(17)26-23(28)20-13-7-14-21(25-20)24(29)27-16-8-11-18-10-4-6-15-22(18)27/h3-7,9-10,12-15H,2,8,11,16H2,1H3,(H,26,28). The Labute approximate surface area is 170 Å². The van der Waals surface area contributed by atoms with Crippen LogP contribution in [0.25, 0.3) is 0 Å². The van der Waals surface area contributed by atoms with Gasteiger partial charge in [-0.1, -0.05) is 49.4 Å². The number of carbonyl (C=O) groups is 2. The molecule has 0 saturated heterocycles. The van der Waals surface area contributed by atoms with Crippen molar-refractivity contribution in [3.63, 3.8) is 0 Å². The molecule has 29 heavy (non-hydrogen) atoms. The molecule has 2 amide bonds. The number of aromatic nitrogens is 1. The third kappa shape index (κ3) is 3.90. The van der Waals surface area contributed by atoms with E-state index in [1.165, 1.54) is 0 Å². The molecule has 4 rings (SSSR count). The Morgan fingerprint density at radius 3 is 2.59 bits per heavy atom. The molecule has 0 fully saturated rings. The average molecular weight is 385 g/mol. The smallest absolute Gasteiger partial charge is 0.276 e. The summed E-state index contributed by atoms with van der Waals surface area (Å²) in [6.07, 6.45) is 2.69. The van der Waals surface area contributed by atoms with Gasteiger partial charge in [0.2, 0.25) is 0 Å². The van der Waals surface area contributed by atoms with E-state index in [4.69, 9.17) is 0 Å². The molecule has 0 atom stereocenters. The maximum absolute atomic E-state index is 13.1. The second-order valence-electron chi connectivity index (χ2n) is 7.06. The lowest BCUT2D eigenvalue weighted by molar-refractivity contribution is 0.0980. The predicted octanol–water partition coefficient (Wildman–Crippen LogP) is 4.49. The second-order valence-corrected chi connectivity index (χ2v) is 7.06. The third-order valence-electron chi connectivity index (χ3n) is 5.20. The average Bonchev–Trinajstić information content (AvgIpc) is 2.78. The van der Waals surface area contributed by atoms with Crippen LogP contribution in [-0.2, 0) is 12.8 Å². The minimum absolute atomic E-state index is 0.180. The van der Waals surface area contributed by atoms with Gasteiger partial charge >= 0.3 is 0 Å². The molecule has 2 aromatic carbocycles. The highest BCUT2D eigenvalue weighted by molar-refractivity contribution is 6.07. The van der Waals surface area contributed by atoms with E-state index in [0.717, 1.165) is 41.8 Å². The number of benzene rings is 2. The summed E-state index contributed by atoms with van der Waals surface area (Å²) < 4.78 is 0. The van der Waals surface area contributed by atoms with Crippen LogP contribution >= 0.6 is 0 Å². The van der Waals surface area contributed by atoms with E-state index in [-0.39, 0.29) is 23.2 Å². The molecule has 0 aliphatic carbocycles. The Bertz CT molecular complexity index is 1060. The number of aryl methyl sites for hydroxylation is 2. The monoisotopic (exact) mass is 385 g/mol. The minimum atomic E-state index is -0.320. The summed E-state index contributed by atoms with van der Waals surface area (Å²) in [5.74, 6) is -0.500. The van der Waals surface area contributed by atoms with E-state index in [1.807, 2.05) is 49.4 Å². The van der Waals surface area contributed by atoms with Crippen LogP contribution in [0.15, 0.2) is 66.7 Å². The molecule has 1 aliphatic rings. The van der Waals surface area contributed by atoms with E-state index in [2.05, 4.69) is 16.4 Å². The van der Waals surface area contributed by atoms with E-state index < -0.39 is 0 Å². The largest absolute Gasteiger partial charge is 0.320 e. The van der Waals surface area contributed by atoms with Gasteiger partial charge in [-0.25, -0.2) is 4.98 Å². The van der Waals surface area contributed by atoms with Gasteiger partial charge in [0, 0.05) is 17.9 Å². The molecular weight excluding hydrogens is 362 g/mol. The molecule has 146 valence electrons. The number of amides is 2. The lowest BCUT2D eigenvalue weighted by atomic mass is 10.0. The number of hydrogen-bond donors (Lipinski definition) is 1. The van der Waals surface area contributed by atoms with Crippen molar-refractivity contribution in [2.45, 2.75) is 26.2 Å². The Morgan fingerprint density at radius 1 is 0.966 bits per heavy atom. The molecule has 3 aromatic rings. The molecule has 1 N–H and O–H groups in total. The van der Waals surface area contributed by atoms with Crippen LogP contribution in [0.1, 0.15) is 45.4 Å². The van der Waals surface area contributed by atoms with Crippen LogP contribution in [0, 0.1) is 0 Å². The van der Waals surface area contributed by atoms with Crippen molar-refractivity contribution >= 4 is 23.2 Å². The van der Waals surface area contributed by atoms with Gasteiger partial charge in [0.1, 0.15) is 11.4 Å². The van der Waals surface area contributed by atoms with Crippen LogP contribution in [0.5, 0.6) is 0 Å². The lowest BCUT2D eigenvalue weighted by Crippen LogP contribution is -2.36. The van der Waals surface area contributed by atoms with E-state index in [1.54, 1.807) is 23.1 Å². The van der Waals surface area contributed by atoms with Gasteiger partial charge in [-0.2, -0.15) is 0 Å². The van der Waals surface area contributed by atoms with Crippen molar-refractivity contribution in [1.82, 2.24) is 4.98 Å². The van der Waals surface area contributed by atoms with Crippen molar-refractivity contribution in [3.05, 3.63) is 89.2 Å². The summed E-state index contributed by atoms with van der Waals surface area (Å²) in [6, 6.07) is 20.6. The topological polar surface area (TPSA) is 62.3 Å². The summed E-state index contributed by atoms with van der Waals surface area (Å²) in [4.78, 5) is 32.0. The molecule has 2 heterocycles. The molecule has 1 aliphatic heterocycles. The number of carbonyl (C=O) groups excluding carboxylic acids is 2. The van der Waals surface area contributed by atoms with Crippen LogP contribution in [-0.4, -0.2) is 23.3 Å². The van der Waals surface area contributed by atoms with Crippen molar-refractivity contribution in [2.24, 2.45) is 0 Å². The summed E-state index contributed by atoms with van der Waals surface area (Å²) in [6.45, 7) is 2.69. The Kier molecular flexibility index (Phi) is 5.38. The maximum Gasteiger partial charge on any atom is 0.276 e. The predicted molar refractivity (Wildman–Crippen MR) is 114 cm³/mol. The molecular formula is C24H23N3O2. The van der Waals surface area contributed by atoms with E-state index in [9.17, 15) is 9.59 Å². The number of nitrogens with zero attached hydrogens (tertiary/aromatic N) is 2. The molecule has 5 nitrogen and oxygen atoms in total. The first-order chi connectivity index (χ1) is 14.2. The van der Waals surface area contributed by atoms with Crippen LogP contribution in [0.3, 0.4) is 0 Å². The summed E-state index contributed by atoms with van der Waals surface area (Å²) in [5.41, 5.74) is 4.42. The summed E-state index contributed by atoms with van der Waals surface area (Å²) >= 11 is 0. The van der Waals surface area contributed by atoms with Crippen LogP contribution < -0.4 is 10.2 Å². The van der Waals surface area contributed by atoms with Crippen molar-refractivity contribution in [3.8, 4) is 0 Å². The minimum Gasteiger partial charge on any atom is -0.320 e. The quantitative estimate of drug-likeness (QED) is 0.720. The first kappa shape index (κ1) is 18.9. The highest BCUT2D eigenvalue weighted by Gasteiger charge is 2.24. The second kappa shape index (κ2) is 8.27. The van der Waals surface area contributed by atoms with Gasteiger partial charge in [-0.05, 0) is 54.7 Å².